The van der Waals surface area contributed by atoms with Crippen LogP contribution in [0.1, 0.15) is 19.8 Å². The molecule has 6 nitrogen and oxygen atoms in total. The van der Waals surface area contributed by atoms with Gasteiger partial charge in [0, 0.05) is 32.4 Å². The Hall–Kier alpha value is -0.630. The van der Waals surface area contributed by atoms with Crippen LogP contribution in [0.15, 0.2) is 17.3 Å². The van der Waals surface area contributed by atoms with Crippen molar-refractivity contribution in [2.75, 3.05) is 13.1 Å². The standard InChI is InChI=1S/C11H20N4O2S.ClH/c1-9-4-3-5-15(11(9)6-12)18(16,17)10-7-13-14(2)8-10;/h7-9,11H,3-6,12H2,1-2H3;1H. The zero-order valence-corrected chi connectivity index (χ0v) is 12.8. The molecule has 0 bridgehead atoms. The molecule has 0 saturated carbocycles. The molecule has 8 heteroatoms. The van der Waals surface area contributed by atoms with Crippen LogP contribution < -0.4 is 5.73 Å². The number of halogens is 1. The summed E-state index contributed by atoms with van der Waals surface area (Å²) < 4.78 is 28.1. The third kappa shape index (κ3) is 3.10. The van der Waals surface area contributed by atoms with E-state index in [1.165, 1.54) is 21.4 Å². The van der Waals surface area contributed by atoms with Crippen molar-refractivity contribution < 1.29 is 8.42 Å². The highest BCUT2D eigenvalue weighted by Crippen LogP contribution is 2.28. The predicted molar refractivity (Wildman–Crippen MR) is 75.6 cm³/mol. The summed E-state index contributed by atoms with van der Waals surface area (Å²) >= 11 is 0. The molecule has 0 radical (unpaired) electrons. The zero-order valence-electron chi connectivity index (χ0n) is 11.2. The third-order valence-electron chi connectivity index (χ3n) is 3.59. The number of nitrogens with two attached hydrogens (primary N) is 1. The normalized spacial score (nSPS) is 25.0. The molecule has 2 rings (SSSR count). The molecule has 2 atom stereocenters. The minimum absolute atomic E-state index is 0. The minimum Gasteiger partial charge on any atom is -0.329 e. The molecule has 1 aliphatic rings. The molecule has 1 aliphatic heterocycles. The fourth-order valence-corrected chi connectivity index (χ4v) is 4.28. The van der Waals surface area contributed by atoms with E-state index in [1.807, 2.05) is 0 Å². The van der Waals surface area contributed by atoms with Gasteiger partial charge >= 0.3 is 0 Å². The number of aromatic nitrogens is 2. The van der Waals surface area contributed by atoms with Crippen molar-refractivity contribution >= 4 is 22.4 Å². The molecular weight excluding hydrogens is 288 g/mol. The van der Waals surface area contributed by atoms with Crippen LogP contribution in [-0.4, -0.2) is 41.6 Å². The van der Waals surface area contributed by atoms with Crippen LogP contribution in [0, 0.1) is 5.92 Å². The zero-order chi connectivity index (χ0) is 13.3. The second-order valence-corrected chi connectivity index (χ2v) is 6.78. The van der Waals surface area contributed by atoms with Gasteiger partial charge in [-0.05, 0) is 18.8 Å². The van der Waals surface area contributed by atoms with Crippen molar-refractivity contribution in [2.45, 2.75) is 30.7 Å². The molecule has 1 saturated heterocycles. The number of hydrogen-bond donors (Lipinski definition) is 1. The van der Waals surface area contributed by atoms with Gasteiger partial charge in [0.2, 0.25) is 10.0 Å². The first-order chi connectivity index (χ1) is 8.46. The van der Waals surface area contributed by atoms with E-state index in [2.05, 4.69) is 12.0 Å². The van der Waals surface area contributed by atoms with E-state index in [4.69, 9.17) is 5.73 Å². The highest BCUT2D eigenvalue weighted by Gasteiger charge is 2.36. The Kier molecular flexibility index (Phi) is 5.37. The molecule has 2 N–H and O–H groups in total. The molecule has 0 amide bonds. The highest BCUT2D eigenvalue weighted by atomic mass is 35.5. The van der Waals surface area contributed by atoms with Crippen LogP contribution in [-0.2, 0) is 17.1 Å². The SMILES string of the molecule is CC1CCCN(S(=O)(=O)c2cnn(C)c2)C1CN.Cl. The monoisotopic (exact) mass is 308 g/mol. The van der Waals surface area contributed by atoms with Crippen molar-refractivity contribution in [1.29, 1.82) is 0 Å². The van der Waals surface area contributed by atoms with E-state index >= 15 is 0 Å². The van der Waals surface area contributed by atoms with E-state index in [9.17, 15) is 8.42 Å². The summed E-state index contributed by atoms with van der Waals surface area (Å²) in [6.07, 6.45) is 4.84. The molecule has 1 fully saturated rings. The molecule has 0 spiro atoms. The number of nitrogens with zero attached hydrogens (tertiary/aromatic N) is 3. The first-order valence-corrected chi connectivity index (χ1v) is 7.61. The maximum atomic E-state index is 12.5. The average Bonchev–Trinajstić information content (AvgIpc) is 2.76. The number of rotatable bonds is 3. The molecule has 0 aliphatic carbocycles. The number of sulfonamides is 1. The van der Waals surface area contributed by atoms with Gasteiger partial charge in [-0.2, -0.15) is 9.40 Å². The lowest BCUT2D eigenvalue weighted by Crippen LogP contribution is -2.51. The summed E-state index contributed by atoms with van der Waals surface area (Å²) in [6.45, 7) is 2.96. The Morgan fingerprint density at radius 1 is 1.53 bits per heavy atom. The van der Waals surface area contributed by atoms with E-state index in [0.29, 0.717) is 19.0 Å². The quantitative estimate of drug-likeness (QED) is 0.886. The first kappa shape index (κ1) is 16.4. The Morgan fingerprint density at radius 3 is 2.74 bits per heavy atom. The van der Waals surface area contributed by atoms with E-state index in [-0.39, 0.29) is 23.3 Å². The lowest BCUT2D eigenvalue weighted by Gasteiger charge is -2.38. The Labute approximate surface area is 120 Å². The first-order valence-electron chi connectivity index (χ1n) is 6.17. The Morgan fingerprint density at radius 2 is 2.21 bits per heavy atom. The molecule has 110 valence electrons. The Balaban J connectivity index is 0.00000180. The molecule has 0 aromatic carbocycles. The smallest absolute Gasteiger partial charge is 0.246 e. The molecule has 1 aromatic heterocycles. The van der Waals surface area contributed by atoms with Crippen molar-refractivity contribution in [3.63, 3.8) is 0 Å². The van der Waals surface area contributed by atoms with Gasteiger partial charge in [-0.15, -0.1) is 12.4 Å². The lowest BCUT2D eigenvalue weighted by molar-refractivity contribution is 0.192. The summed E-state index contributed by atoms with van der Waals surface area (Å²) in [5.74, 6) is 0.301. The van der Waals surface area contributed by atoms with Crippen LogP contribution in [0.25, 0.3) is 0 Å². The van der Waals surface area contributed by atoms with Gasteiger partial charge < -0.3 is 5.73 Å². The predicted octanol–water partition coefficient (Wildman–Crippen LogP) is 0.590. The third-order valence-corrected chi connectivity index (χ3v) is 5.47. The van der Waals surface area contributed by atoms with Crippen LogP contribution in [0.2, 0.25) is 0 Å². The lowest BCUT2D eigenvalue weighted by atomic mass is 9.93. The summed E-state index contributed by atoms with van der Waals surface area (Å²) in [5, 5.41) is 3.93. The number of hydrogen-bond acceptors (Lipinski definition) is 4. The van der Waals surface area contributed by atoms with Crippen molar-refractivity contribution in [1.82, 2.24) is 14.1 Å². The number of aryl methyl sites for hydroxylation is 1. The van der Waals surface area contributed by atoms with Crippen LogP contribution in [0.4, 0.5) is 0 Å². The minimum atomic E-state index is -3.47. The summed E-state index contributed by atoms with van der Waals surface area (Å²) in [4.78, 5) is 0.248. The van der Waals surface area contributed by atoms with Gasteiger partial charge in [-0.25, -0.2) is 8.42 Å². The maximum absolute atomic E-state index is 12.5. The van der Waals surface area contributed by atoms with Gasteiger partial charge in [-0.3, -0.25) is 4.68 Å². The summed E-state index contributed by atoms with van der Waals surface area (Å²) in [7, 11) is -1.76. The highest BCUT2D eigenvalue weighted by molar-refractivity contribution is 7.89. The second kappa shape index (κ2) is 6.21. The fraction of sp³-hybridized carbons (Fsp3) is 0.727. The Bertz CT molecular complexity index is 517. The molecule has 1 aromatic rings. The van der Waals surface area contributed by atoms with E-state index < -0.39 is 10.0 Å². The number of piperidine rings is 1. The fourth-order valence-electron chi connectivity index (χ4n) is 2.53. The van der Waals surface area contributed by atoms with Crippen LogP contribution in [0.3, 0.4) is 0 Å². The van der Waals surface area contributed by atoms with Gasteiger partial charge in [0.1, 0.15) is 4.90 Å². The van der Waals surface area contributed by atoms with Crippen molar-refractivity contribution in [3.05, 3.63) is 12.4 Å². The van der Waals surface area contributed by atoms with Gasteiger partial charge in [0.05, 0.1) is 6.20 Å². The molecule has 2 heterocycles. The van der Waals surface area contributed by atoms with Crippen molar-refractivity contribution in [3.8, 4) is 0 Å². The molecule has 2 unspecified atom stereocenters. The average molecular weight is 309 g/mol. The van der Waals surface area contributed by atoms with E-state index in [0.717, 1.165) is 12.8 Å². The molecular formula is C11H21ClN4O2S. The topological polar surface area (TPSA) is 81.2 Å². The van der Waals surface area contributed by atoms with Gasteiger partial charge in [0.15, 0.2) is 0 Å². The summed E-state index contributed by atoms with van der Waals surface area (Å²) in [5.41, 5.74) is 5.74. The van der Waals surface area contributed by atoms with E-state index in [1.54, 1.807) is 7.05 Å². The van der Waals surface area contributed by atoms with Gasteiger partial charge in [-0.1, -0.05) is 6.92 Å². The largest absolute Gasteiger partial charge is 0.329 e. The summed E-state index contributed by atoms with van der Waals surface area (Å²) in [6, 6.07) is -0.107. The van der Waals surface area contributed by atoms with Crippen LogP contribution in [0.5, 0.6) is 0 Å². The van der Waals surface area contributed by atoms with Gasteiger partial charge in [0.25, 0.3) is 0 Å². The maximum Gasteiger partial charge on any atom is 0.246 e. The van der Waals surface area contributed by atoms with Crippen LogP contribution >= 0.6 is 12.4 Å². The van der Waals surface area contributed by atoms with Crippen molar-refractivity contribution in [2.24, 2.45) is 18.7 Å². The molecule has 19 heavy (non-hydrogen) atoms. The second-order valence-electron chi connectivity index (χ2n) is 4.89.